The van der Waals surface area contributed by atoms with E-state index >= 15 is 0 Å². The quantitative estimate of drug-likeness (QED) is 0.389. The minimum Gasteiger partial charge on any atom is -0.669 e. The highest BCUT2D eigenvalue weighted by Gasteiger charge is 2.38. The van der Waals surface area contributed by atoms with Crippen LogP contribution in [-0.4, -0.2) is 90.4 Å². The van der Waals surface area contributed by atoms with E-state index in [0.717, 1.165) is 0 Å². The Kier molecular flexibility index (Phi) is 5.62. The number of amides is 1. The number of aromatic carboxylic acids is 1. The van der Waals surface area contributed by atoms with Crippen molar-refractivity contribution in [1.82, 2.24) is 10.2 Å². The van der Waals surface area contributed by atoms with E-state index in [2.05, 4.69) is 5.32 Å². The number of ether oxygens (including phenoxy) is 1. The molecule has 170 valence electrons. The summed E-state index contributed by atoms with van der Waals surface area (Å²) in [5.41, 5.74) is 0.244. The first kappa shape index (κ1) is 21.9. The standard InChI is InChI=1S/C18H24BN2O9S/c22-15(7-13-8-20-5-6-31(13,27)28)21-9-12(10-21)29-14-2-1-11-3-4-19(25,26)30-17(11)16(14)18(23)24/h1-2,12-13,20,25-26H,3-10H2,(H,23,24)/q-1. The maximum atomic E-state index is 12.4. The van der Waals surface area contributed by atoms with Crippen LogP contribution in [0.2, 0.25) is 6.32 Å². The molecule has 2 saturated heterocycles. The second kappa shape index (κ2) is 7.97. The van der Waals surface area contributed by atoms with Crippen molar-refractivity contribution in [2.75, 3.05) is 31.9 Å². The minimum absolute atomic E-state index is 0.0101. The van der Waals surface area contributed by atoms with Gasteiger partial charge in [0.2, 0.25) is 5.91 Å². The summed E-state index contributed by atoms with van der Waals surface area (Å²) < 4.78 is 35.0. The number of carbonyl (C=O) groups is 2. The van der Waals surface area contributed by atoms with Gasteiger partial charge in [0, 0.05) is 19.5 Å². The molecule has 3 aliphatic rings. The third-order valence-corrected chi connectivity index (χ3v) is 7.97. The molecule has 0 spiro atoms. The Balaban J connectivity index is 1.40. The van der Waals surface area contributed by atoms with Crippen LogP contribution in [0.1, 0.15) is 22.3 Å². The Labute approximate surface area is 178 Å². The molecule has 4 N–H and O–H groups in total. The van der Waals surface area contributed by atoms with E-state index in [9.17, 15) is 33.2 Å². The van der Waals surface area contributed by atoms with Gasteiger partial charge >= 0.3 is 12.7 Å². The maximum Gasteiger partial charge on any atom is 0.430 e. The van der Waals surface area contributed by atoms with Gasteiger partial charge in [0.1, 0.15) is 17.4 Å². The van der Waals surface area contributed by atoms with Gasteiger partial charge < -0.3 is 34.8 Å². The monoisotopic (exact) mass is 455 g/mol. The number of carboxylic acid groups (broad SMARTS) is 1. The predicted molar refractivity (Wildman–Crippen MR) is 109 cm³/mol. The summed E-state index contributed by atoms with van der Waals surface area (Å²) in [4.78, 5) is 25.7. The Morgan fingerprint density at radius 3 is 2.71 bits per heavy atom. The van der Waals surface area contributed by atoms with Gasteiger partial charge in [0.05, 0.1) is 29.8 Å². The van der Waals surface area contributed by atoms with Crippen LogP contribution in [0, 0.1) is 0 Å². The van der Waals surface area contributed by atoms with Crippen molar-refractivity contribution in [3.63, 3.8) is 0 Å². The zero-order valence-electron chi connectivity index (χ0n) is 16.7. The van der Waals surface area contributed by atoms with Crippen LogP contribution >= 0.6 is 0 Å². The SMILES string of the molecule is O=C(O)c1c(OC2CN(C(=O)CC3CNCCS3(=O)=O)C2)ccc2c1O[B-](O)(O)CC2. The summed E-state index contributed by atoms with van der Waals surface area (Å²) >= 11 is 0. The summed E-state index contributed by atoms with van der Waals surface area (Å²) in [7, 11) is -3.29. The molecule has 2 fully saturated rings. The fraction of sp³-hybridized carbons (Fsp3) is 0.556. The molecular formula is C18H24BN2O9S-. The first-order valence-corrected chi connectivity index (χ1v) is 11.8. The van der Waals surface area contributed by atoms with E-state index in [4.69, 9.17) is 9.39 Å². The van der Waals surface area contributed by atoms with Crippen molar-refractivity contribution in [2.24, 2.45) is 0 Å². The highest BCUT2D eigenvalue weighted by Crippen LogP contribution is 2.39. The molecule has 0 saturated carbocycles. The topological polar surface area (TPSA) is 163 Å². The Morgan fingerprint density at radius 1 is 1.29 bits per heavy atom. The van der Waals surface area contributed by atoms with Gasteiger partial charge in [-0.2, -0.15) is 0 Å². The fourth-order valence-electron chi connectivity index (χ4n) is 4.02. The van der Waals surface area contributed by atoms with E-state index in [0.29, 0.717) is 12.1 Å². The second-order valence-electron chi connectivity index (χ2n) is 8.18. The Bertz CT molecular complexity index is 1010. The van der Waals surface area contributed by atoms with E-state index in [-0.39, 0.29) is 67.5 Å². The van der Waals surface area contributed by atoms with Gasteiger partial charge in [-0.3, -0.25) is 4.79 Å². The summed E-state index contributed by atoms with van der Waals surface area (Å²) in [6.45, 7) is -2.10. The molecule has 1 aromatic carbocycles. The lowest BCUT2D eigenvalue weighted by Crippen LogP contribution is -2.57. The van der Waals surface area contributed by atoms with Crippen molar-refractivity contribution < 1.29 is 42.6 Å². The predicted octanol–water partition coefficient (Wildman–Crippen LogP) is -1.39. The van der Waals surface area contributed by atoms with Gasteiger partial charge in [0.25, 0.3) is 0 Å². The summed E-state index contributed by atoms with van der Waals surface area (Å²) in [5.74, 6) is -1.72. The van der Waals surface area contributed by atoms with Crippen LogP contribution < -0.4 is 14.7 Å². The van der Waals surface area contributed by atoms with Crippen LogP contribution in [0.4, 0.5) is 0 Å². The highest BCUT2D eigenvalue weighted by molar-refractivity contribution is 7.92. The van der Waals surface area contributed by atoms with Crippen molar-refractivity contribution in [1.29, 1.82) is 0 Å². The van der Waals surface area contributed by atoms with Crippen molar-refractivity contribution in [2.45, 2.75) is 30.5 Å². The van der Waals surface area contributed by atoms with E-state index in [1.807, 2.05) is 0 Å². The van der Waals surface area contributed by atoms with E-state index < -0.39 is 33.9 Å². The molecule has 0 radical (unpaired) electrons. The molecule has 0 bridgehead atoms. The van der Waals surface area contributed by atoms with Crippen LogP contribution in [0.25, 0.3) is 0 Å². The number of fused-ring (bicyclic) bond motifs is 1. The highest BCUT2D eigenvalue weighted by atomic mass is 32.2. The molecule has 0 aliphatic carbocycles. The molecule has 4 rings (SSSR count). The van der Waals surface area contributed by atoms with Gasteiger partial charge in [-0.1, -0.05) is 12.4 Å². The minimum atomic E-state index is -3.29. The first-order valence-electron chi connectivity index (χ1n) is 10.1. The number of benzene rings is 1. The smallest absolute Gasteiger partial charge is 0.430 e. The number of hydrogen-bond acceptors (Lipinski definition) is 9. The number of sulfone groups is 1. The molecule has 0 aromatic heterocycles. The lowest BCUT2D eigenvalue weighted by Gasteiger charge is -2.41. The molecule has 3 heterocycles. The van der Waals surface area contributed by atoms with Crippen LogP contribution in [0.15, 0.2) is 12.1 Å². The average Bonchev–Trinajstić information content (AvgIpc) is 2.64. The molecule has 1 aromatic rings. The number of rotatable bonds is 5. The summed E-state index contributed by atoms with van der Waals surface area (Å²) in [5, 5.41) is 31.5. The number of hydrogen-bond donors (Lipinski definition) is 4. The van der Waals surface area contributed by atoms with Crippen molar-refractivity contribution in [3.8, 4) is 11.5 Å². The third kappa shape index (κ3) is 4.49. The van der Waals surface area contributed by atoms with Crippen molar-refractivity contribution in [3.05, 3.63) is 23.3 Å². The summed E-state index contributed by atoms with van der Waals surface area (Å²) in [6.07, 6.45) is -0.346. The number of carboxylic acids is 1. The number of nitrogens with zero attached hydrogens (tertiary/aromatic N) is 1. The molecule has 11 nitrogen and oxygen atoms in total. The lowest BCUT2D eigenvalue weighted by atomic mass is 9.70. The maximum absolute atomic E-state index is 12.4. The molecule has 1 atom stereocenters. The molecule has 3 aliphatic heterocycles. The average molecular weight is 455 g/mol. The largest absolute Gasteiger partial charge is 0.669 e. The Morgan fingerprint density at radius 2 is 2.03 bits per heavy atom. The fourth-order valence-corrected chi connectivity index (χ4v) is 5.55. The van der Waals surface area contributed by atoms with Crippen LogP contribution in [0.3, 0.4) is 0 Å². The molecule has 13 heteroatoms. The second-order valence-corrected chi connectivity index (χ2v) is 10.6. The van der Waals surface area contributed by atoms with E-state index in [1.165, 1.54) is 11.0 Å². The van der Waals surface area contributed by atoms with Crippen LogP contribution in [0.5, 0.6) is 11.5 Å². The molecule has 1 unspecified atom stereocenters. The van der Waals surface area contributed by atoms with E-state index in [1.54, 1.807) is 6.07 Å². The van der Waals surface area contributed by atoms with Crippen molar-refractivity contribution >= 4 is 28.5 Å². The van der Waals surface area contributed by atoms with Gasteiger partial charge in [-0.05, 0) is 18.1 Å². The third-order valence-electron chi connectivity index (χ3n) is 5.85. The van der Waals surface area contributed by atoms with Gasteiger partial charge in [-0.15, -0.1) is 0 Å². The lowest BCUT2D eigenvalue weighted by molar-refractivity contribution is -0.140. The molecule has 1 amide bonds. The van der Waals surface area contributed by atoms with Crippen LogP contribution in [-0.2, 0) is 21.1 Å². The first-order chi connectivity index (χ1) is 14.6. The molecule has 31 heavy (non-hydrogen) atoms. The number of aryl methyl sites for hydroxylation is 1. The molecular weight excluding hydrogens is 431 g/mol. The Hall–Kier alpha value is -2.35. The number of likely N-dealkylation sites (tertiary alicyclic amines) is 1. The number of nitrogens with one attached hydrogen (secondary N) is 1. The van der Waals surface area contributed by atoms with Gasteiger partial charge in [-0.25, -0.2) is 13.2 Å². The normalized spacial score (nSPS) is 24.5. The number of carbonyl (C=O) groups excluding carboxylic acids is 1. The zero-order chi connectivity index (χ0) is 22.4. The summed E-state index contributed by atoms with van der Waals surface area (Å²) in [6, 6.07) is 3.11. The van der Waals surface area contributed by atoms with Gasteiger partial charge in [0.15, 0.2) is 9.84 Å². The zero-order valence-corrected chi connectivity index (χ0v) is 17.5.